The predicted octanol–water partition coefficient (Wildman–Crippen LogP) is 0.312. The zero-order chi connectivity index (χ0) is 12.5. The van der Waals surface area contributed by atoms with E-state index in [0.29, 0.717) is 5.57 Å². The van der Waals surface area contributed by atoms with E-state index >= 15 is 0 Å². The highest BCUT2D eigenvalue weighted by Crippen LogP contribution is 2.28. The first-order valence-corrected chi connectivity index (χ1v) is 10.1. The molecule has 4 nitrogen and oxygen atoms in total. The van der Waals surface area contributed by atoms with Gasteiger partial charge < -0.3 is 4.43 Å². The smallest absolute Gasteiger partial charge is 0.292 e. The highest BCUT2D eigenvalue weighted by atomic mass is 28.4. The van der Waals surface area contributed by atoms with Crippen LogP contribution >= 0.6 is 0 Å². The lowest BCUT2D eigenvalue weighted by Crippen LogP contribution is -2.29. The van der Waals surface area contributed by atoms with Crippen LogP contribution in [0.1, 0.15) is 13.3 Å². The normalized spacial score (nSPS) is 19.0. The quantitative estimate of drug-likeness (QED) is 0.583. The van der Waals surface area contributed by atoms with Crippen LogP contribution in [0.25, 0.3) is 0 Å². The number of imide groups is 1. The second-order valence-electron chi connectivity index (χ2n) is 5.05. The molecule has 0 fully saturated rings. The van der Waals surface area contributed by atoms with E-state index < -0.39 is 8.32 Å². The van der Waals surface area contributed by atoms with Gasteiger partial charge in [-0.25, -0.2) is 0 Å². The first-order chi connectivity index (χ1) is 7.26. The van der Waals surface area contributed by atoms with Crippen LogP contribution in [-0.2, 0) is 14.0 Å². The van der Waals surface area contributed by atoms with Gasteiger partial charge in [-0.05, 0) is 25.2 Å². The molecule has 0 aromatic carbocycles. The fraction of sp³-hybridized carbons (Fsp3) is 0.600. The van der Waals surface area contributed by atoms with Crippen molar-refractivity contribution in [2.45, 2.75) is 38.5 Å². The van der Waals surface area contributed by atoms with E-state index in [1.807, 2.05) is 26.6 Å². The molecule has 1 N–H and O–H groups in total. The lowest BCUT2D eigenvalue weighted by molar-refractivity contribution is -0.125. The predicted molar refractivity (Wildman–Crippen MR) is 68.6 cm³/mol. The topological polar surface area (TPSA) is 55.4 Å². The van der Waals surface area contributed by atoms with Gasteiger partial charge in [-0.15, -0.1) is 0 Å². The van der Waals surface area contributed by atoms with Crippen LogP contribution in [0.15, 0.2) is 11.3 Å². The van der Waals surface area contributed by atoms with Crippen LogP contribution in [-0.4, -0.2) is 30.4 Å². The summed E-state index contributed by atoms with van der Waals surface area (Å²) in [6.45, 7) is 8.03. The van der Waals surface area contributed by atoms with Gasteiger partial charge in [-0.1, -0.05) is 13.3 Å². The monoisotopic (exact) mass is 257 g/mol. The standard InChI is InChI=1S/C10H19NO3Si2/c1-5-6(15)7-8(14-16(2,3)4)10(13)11-9(7)12/h6H,5H2,1-4,15H3,(H,11,12,13). The molecular formula is C10H19NO3Si2. The Balaban J connectivity index is 3.09. The molecule has 1 aliphatic heterocycles. The molecule has 90 valence electrons. The van der Waals surface area contributed by atoms with E-state index in [-0.39, 0.29) is 23.1 Å². The van der Waals surface area contributed by atoms with Crippen molar-refractivity contribution in [1.82, 2.24) is 5.32 Å². The number of carbonyl (C=O) groups is 2. The maximum atomic E-state index is 11.6. The largest absolute Gasteiger partial charge is 0.540 e. The zero-order valence-electron chi connectivity index (χ0n) is 10.5. The molecule has 0 saturated carbocycles. The van der Waals surface area contributed by atoms with E-state index in [0.717, 1.165) is 16.7 Å². The minimum atomic E-state index is -1.85. The van der Waals surface area contributed by atoms with Crippen molar-refractivity contribution in [2.75, 3.05) is 0 Å². The Morgan fingerprint density at radius 2 is 1.88 bits per heavy atom. The number of carbonyl (C=O) groups excluding carboxylic acids is 2. The SMILES string of the molecule is CCC([SiH3])C1=C(O[Si](C)(C)C)C(=O)NC1=O. The third kappa shape index (κ3) is 2.82. The van der Waals surface area contributed by atoms with Crippen molar-refractivity contribution in [3.05, 3.63) is 11.3 Å². The van der Waals surface area contributed by atoms with Gasteiger partial charge in [0.1, 0.15) is 0 Å². The number of hydrogen-bond donors (Lipinski definition) is 1. The van der Waals surface area contributed by atoms with E-state index in [2.05, 4.69) is 5.32 Å². The Bertz CT molecular complexity index is 358. The van der Waals surface area contributed by atoms with Crippen LogP contribution in [0.5, 0.6) is 0 Å². The van der Waals surface area contributed by atoms with Crippen LogP contribution in [0.4, 0.5) is 0 Å². The zero-order valence-corrected chi connectivity index (χ0v) is 13.5. The third-order valence-corrected chi connectivity index (χ3v) is 4.65. The molecule has 16 heavy (non-hydrogen) atoms. The number of amides is 2. The minimum Gasteiger partial charge on any atom is -0.540 e. The Labute approximate surface area is 100.0 Å². The number of hydrogen-bond acceptors (Lipinski definition) is 3. The molecule has 0 aromatic heterocycles. The molecule has 0 radical (unpaired) electrons. The molecule has 1 heterocycles. The van der Waals surface area contributed by atoms with Gasteiger partial charge in [-0.2, -0.15) is 0 Å². The van der Waals surface area contributed by atoms with Crippen LogP contribution in [0.3, 0.4) is 0 Å². The van der Waals surface area contributed by atoms with Gasteiger partial charge >= 0.3 is 0 Å². The molecule has 6 heteroatoms. The van der Waals surface area contributed by atoms with Crippen molar-refractivity contribution in [2.24, 2.45) is 0 Å². The summed E-state index contributed by atoms with van der Waals surface area (Å²) < 4.78 is 5.72. The molecule has 0 saturated heterocycles. The Hall–Kier alpha value is -0.886. The average Bonchev–Trinajstić information content (AvgIpc) is 2.38. The minimum absolute atomic E-state index is 0.192. The second-order valence-corrected chi connectivity index (χ2v) is 10.9. The number of rotatable bonds is 4. The summed E-state index contributed by atoms with van der Waals surface area (Å²) in [6.07, 6.45) is 0.876. The van der Waals surface area contributed by atoms with Crippen LogP contribution in [0.2, 0.25) is 25.2 Å². The van der Waals surface area contributed by atoms with Gasteiger partial charge in [0.2, 0.25) is 8.32 Å². The van der Waals surface area contributed by atoms with Crippen molar-refractivity contribution in [1.29, 1.82) is 0 Å². The molecule has 2 amide bonds. The fourth-order valence-corrected chi connectivity index (χ4v) is 2.85. The fourth-order valence-electron chi connectivity index (χ4n) is 1.51. The van der Waals surface area contributed by atoms with Gasteiger partial charge in [0.25, 0.3) is 11.8 Å². The van der Waals surface area contributed by atoms with Gasteiger partial charge in [0.05, 0.1) is 5.57 Å². The summed E-state index contributed by atoms with van der Waals surface area (Å²) in [4.78, 5) is 23.3. The molecule has 0 aromatic rings. The molecule has 1 aliphatic rings. The van der Waals surface area contributed by atoms with Gasteiger partial charge in [-0.3, -0.25) is 14.9 Å². The lowest BCUT2D eigenvalue weighted by atomic mass is 10.1. The van der Waals surface area contributed by atoms with Crippen molar-refractivity contribution >= 4 is 30.4 Å². The second kappa shape index (κ2) is 4.54. The first-order valence-electron chi connectivity index (χ1n) is 5.55. The van der Waals surface area contributed by atoms with E-state index in [9.17, 15) is 9.59 Å². The van der Waals surface area contributed by atoms with Gasteiger partial charge in [0, 0.05) is 10.2 Å². The van der Waals surface area contributed by atoms with Crippen molar-refractivity contribution in [3.63, 3.8) is 0 Å². The molecular weight excluding hydrogens is 238 g/mol. The maximum Gasteiger partial charge on any atom is 0.292 e. The molecule has 0 spiro atoms. The molecule has 0 aliphatic carbocycles. The van der Waals surface area contributed by atoms with Crippen molar-refractivity contribution in [3.8, 4) is 0 Å². The summed E-state index contributed by atoms with van der Waals surface area (Å²) >= 11 is 0. The summed E-state index contributed by atoms with van der Waals surface area (Å²) in [5, 5.41) is 2.32. The molecule has 1 unspecified atom stereocenters. The van der Waals surface area contributed by atoms with E-state index in [4.69, 9.17) is 4.43 Å². The lowest BCUT2D eigenvalue weighted by Gasteiger charge is -2.20. The Morgan fingerprint density at radius 1 is 1.31 bits per heavy atom. The average molecular weight is 257 g/mol. The first kappa shape index (κ1) is 13.2. The van der Waals surface area contributed by atoms with E-state index in [1.165, 1.54) is 0 Å². The summed E-state index contributed by atoms with van der Waals surface area (Å²) in [5.41, 5.74) is 0.763. The maximum absolute atomic E-state index is 11.6. The number of nitrogens with one attached hydrogen (secondary N) is 1. The summed E-state index contributed by atoms with van der Waals surface area (Å²) in [6, 6.07) is 0. The van der Waals surface area contributed by atoms with Crippen LogP contribution < -0.4 is 5.32 Å². The highest BCUT2D eigenvalue weighted by molar-refractivity contribution is 6.70. The third-order valence-electron chi connectivity index (χ3n) is 2.44. The Morgan fingerprint density at radius 3 is 2.31 bits per heavy atom. The molecule has 1 rings (SSSR count). The van der Waals surface area contributed by atoms with E-state index in [1.54, 1.807) is 0 Å². The summed E-state index contributed by atoms with van der Waals surface area (Å²) in [5.74, 6) is -0.345. The van der Waals surface area contributed by atoms with Gasteiger partial charge in [0.15, 0.2) is 5.76 Å². The summed E-state index contributed by atoms with van der Waals surface area (Å²) in [7, 11) is -0.994. The highest BCUT2D eigenvalue weighted by Gasteiger charge is 2.36. The van der Waals surface area contributed by atoms with Crippen molar-refractivity contribution < 1.29 is 14.0 Å². The molecule has 1 atom stereocenters. The molecule has 0 bridgehead atoms. The Kier molecular flexibility index (Phi) is 3.74. The van der Waals surface area contributed by atoms with Crippen LogP contribution in [0, 0.1) is 0 Å².